The van der Waals surface area contributed by atoms with Crippen molar-refractivity contribution in [2.75, 3.05) is 12.4 Å². The summed E-state index contributed by atoms with van der Waals surface area (Å²) in [5, 5.41) is 13.3. The smallest absolute Gasteiger partial charge is 0.404 e. The van der Waals surface area contributed by atoms with Crippen LogP contribution in [0.15, 0.2) is 23.3 Å². The summed E-state index contributed by atoms with van der Waals surface area (Å²) >= 11 is 6.21. The Bertz CT molecular complexity index is 1070. The van der Waals surface area contributed by atoms with Crippen LogP contribution in [0.4, 0.5) is 18.9 Å². The molecule has 1 aliphatic rings. The number of anilines is 1. The highest BCUT2D eigenvalue weighted by atomic mass is 35.5. The molecule has 0 atom stereocenters. The maximum absolute atomic E-state index is 12.8. The summed E-state index contributed by atoms with van der Waals surface area (Å²) < 4.78 is 43.8. The molecule has 4 N–H and O–H groups in total. The molecular formula is C16H16ClF3N8O3. The first-order chi connectivity index (χ1) is 14.5. The molecule has 0 unspecified atom stereocenters. The van der Waals surface area contributed by atoms with Crippen LogP contribution >= 0.6 is 11.6 Å². The van der Waals surface area contributed by atoms with Gasteiger partial charge in [-0.25, -0.2) is 5.53 Å². The van der Waals surface area contributed by atoms with Gasteiger partial charge < -0.3 is 10.1 Å². The number of carbonyl (C=O) groups excluding carboxylic acids is 2. The van der Waals surface area contributed by atoms with Crippen molar-refractivity contribution in [1.82, 2.24) is 31.2 Å². The van der Waals surface area contributed by atoms with E-state index in [2.05, 4.69) is 36.6 Å². The molecule has 0 fully saturated rings. The summed E-state index contributed by atoms with van der Waals surface area (Å²) in [7, 11) is 3.03. The summed E-state index contributed by atoms with van der Waals surface area (Å²) in [6.07, 6.45) is -5.06. The fraction of sp³-hybridized carbons (Fsp3) is 0.250. The number of hydrogen-bond donors (Lipinski definition) is 4. The van der Waals surface area contributed by atoms with Gasteiger partial charge in [-0.15, -0.1) is 23.8 Å². The quantitative estimate of drug-likeness (QED) is 0.544. The third-order valence-electron chi connectivity index (χ3n) is 3.97. The first-order valence-corrected chi connectivity index (χ1v) is 8.87. The summed E-state index contributed by atoms with van der Waals surface area (Å²) in [6, 6.07) is 3.33. The molecule has 1 aromatic carbocycles. The minimum atomic E-state index is -5.06. The van der Waals surface area contributed by atoms with E-state index in [9.17, 15) is 22.8 Å². The third-order valence-corrected chi connectivity index (χ3v) is 4.36. The molecule has 0 radical (unpaired) electrons. The van der Waals surface area contributed by atoms with Gasteiger partial charge in [-0.1, -0.05) is 11.6 Å². The minimum Gasteiger partial charge on any atom is -0.404 e. The molecule has 0 spiro atoms. The molecule has 0 saturated carbocycles. The Morgan fingerprint density at radius 3 is 2.45 bits per heavy atom. The Hall–Kier alpha value is -3.52. The van der Waals surface area contributed by atoms with Crippen LogP contribution in [0.5, 0.6) is 5.75 Å². The number of nitrogens with one attached hydrogen (secondary N) is 4. The van der Waals surface area contributed by atoms with E-state index >= 15 is 0 Å². The molecule has 166 valence electrons. The Morgan fingerprint density at radius 2 is 1.90 bits per heavy atom. The minimum absolute atomic E-state index is 0.0560. The number of benzene rings is 1. The van der Waals surface area contributed by atoms with E-state index in [0.29, 0.717) is 5.69 Å². The molecule has 0 bridgehead atoms. The van der Waals surface area contributed by atoms with Crippen molar-refractivity contribution in [3.8, 4) is 5.75 Å². The zero-order chi connectivity index (χ0) is 22.9. The number of aromatic nitrogens is 2. The van der Waals surface area contributed by atoms with Gasteiger partial charge in [0.15, 0.2) is 5.75 Å². The molecule has 2 amide bonds. The van der Waals surface area contributed by atoms with E-state index in [4.69, 9.17) is 11.6 Å². The van der Waals surface area contributed by atoms with Crippen molar-refractivity contribution in [3.63, 3.8) is 0 Å². The standard InChI is InChI=1S/C16H16ClF3N8O3/c1-7-6-9(27(2)24-7)14(30)21-12-10(31-16(18,19)20)5-4-8(11(12)17)13(29)22-15-23-25-26-28(15)3/h4-6,25-26H,1-3H3,(H,21,30)(H,22,23,29). The van der Waals surface area contributed by atoms with Crippen LogP contribution in [0.2, 0.25) is 5.02 Å². The first-order valence-electron chi connectivity index (χ1n) is 8.50. The van der Waals surface area contributed by atoms with Gasteiger partial charge in [-0.05, 0) is 25.1 Å². The molecule has 1 aliphatic heterocycles. The summed E-state index contributed by atoms with van der Waals surface area (Å²) in [6.45, 7) is 1.64. The normalized spacial score (nSPS) is 13.5. The van der Waals surface area contributed by atoms with Crippen molar-refractivity contribution >= 4 is 35.1 Å². The molecule has 31 heavy (non-hydrogen) atoms. The Kier molecular flexibility index (Phi) is 5.94. The van der Waals surface area contributed by atoms with Crippen molar-refractivity contribution < 1.29 is 27.5 Å². The molecule has 0 aliphatic carbocycles. The molecule has 2 heterocycles. The third kappa shape index (κ3) is 4.97. The summed E-state index contributed by atoms with van der Waals surface area (Å²) in [5.74, 6) is -2.30. The highest BCUT2D eigenvalue weighted by Gasteiger charge is 2.34. The fourth-order valence-electron chi connectivity index (χ4n) is 2.62. The van der Waals surface area contributed by atoms with Crippen LogP contribution in [-0.4, -0.2) is 46.0 Å². The molecule has 11 nitrogen and oxygen atoms in total. The maximum Gasteiger partial charge on any atom is 0.573 e. The first kappa shape index (κ1) is 22.2. The second-order valence-corrected chi connectivity index (χ2v) is 6.65. The molecule has 2 aromatic rings. The number of nitrogens with zero attached hydrogens (tertiary/aromatic N) is 4. The van der Waals surface area contributed by atoms with Crippen molar-refractivity contribution in [3.05, 3.63) is 40.2 Å². The molecule has 0 saturated heterocycles. The highest BCUT2D eigenvalue weighted by Crippen LogP contribution is 2.38. The van der Waals surface area contributed by atoms with E-state index in [1.165, 1.54) is 22.8 Å². The number of halogens is 4. The van der Waals surface area contributed by atoms with Crippen molar-refractivity contribution in [2.45, 2.75) is 13.3 Å². The van der Waals surface area contributed by atoms with E-state index in [-0.39, 0.29) is 17.2 Å². The van der Waals surface area contributed by atoms with E-state index < -0.39 is 34.6 Å². The van der Waals surface area contributed by atoms with Gasteiger partial charge in [-0.3, -0.25) is 24.6 Å². The number of carbonyl (C=O) groups is 2. The SMILES string of the molecule is Cc1cc(C(=O)Nc2c(OC(F)(F)F)ccc(C(=O)NC3=NNNN3C)c2Cl)n(C)n1. The number of amides is 2. The number of hydrazine groups is 2. The van der Waals surface area contributed by atoms with Gasteiger partial charge in [-0.2, -0.15) is 5.10 Å². The number of alkyl halides is 3. The largest absolute Gasteiger partial charge is 0.573 e. The zero-order valence-corrected chi connectivity index (χ0v) is 17.0. The lowest BCUT2D eigenvalue weighted by molar-refractivity contribution is -0.274. The van der Waals surface area contributed by atoms with Crippen LogP contribution in [0.1, 0.15) is 26.5 Å². The van der Waals surface area contributed by atoms with Crippen molar-refractivity contribution in [1.29, 1.82) is 0 Å². The van der Waals surface area contributed by atoms with Crippen molar-refractivity contribution in [2.24, 2.45) is 12.1 Å². The predicted octanol–water partition coefficient (Wildman–Crippen LogP) is 1.49. The van der Waals surface area contributed by atoms with E-state index in [0.717, 1.165) is 12.1 Å². The second-order valence-electron chi connectivity index (χ2n) is 6.27. The highest BCUT2D eigenvalue weighted by molar-refractivity contribution is 6.37. The topological polar surface area (TPSA) is 125 Å². The number of guanidine groups is 1. The number of rotatable bonds is 4. The monoisotopic (exact) mass is 460 g/mol. The fourth-order valence-corrected chi connectivity index (χ4v) is 2.91. The van der Waals surface area contributed by atoms with E-state index in [1.807, 2.05) is 0 Å². The van der Waals surface area contributed by atoms with Gasteiger partial charge >= 0.3 is 6.36 Å². The molecule has 3 rings (SSSR count). The lowest BCUT2D eigenvalue weighted by atomic mass is 10.1. The van der Waals surface area contributed by atoms with Gasteiger partial charge in [0.1, 0.15) is 11.4 Å². The Balaban J connectivity index is 1.97. The Labute approximate surface area is 178 Å². The second kappa shape index (κ2) is 8.31. The summed E-state index contributed by atoms with van der Waals surface area (Å²) in [4.78, 5) is 25.2. The van der Waals surface area contributed by atoms with Crippen LogP contribution in [0.25, 0.3) is 0 Å². The van der Waals surface area contributed by atoms with Crippen LogP contribution in [0, 0.1) is 6.92 Å². The zero-order valence-electron chi connectivity index (χ0n) is 16.3. The maximum atomic E-state index is 12.8. The van der Waals surface area contributed by atoms with Crippen LogP contribution in [-0.2, 0) is 7.05 Å². The van der Waals surface area contributed by atoms with E-state index in [1.54, 1.807) is 14.0 Å². The number of hydrazone groups is 1. The van der Waals surface area contributed by atoms with Gasteiger partial charge in [0.05, 0.1) is 16.3 Å². The number of hydrogen-bond acceptors (Lipinski definition) is 8. The van der Waals surface area contributed by atoms with Gasteiger partial charge in [0.25, 0.3) is 11.8 Å². The van der Waals surface area contributed by atoms with Crippen LogP contribution < -0.4 is 26.4 Å². The van der Waals surface area contributed by atoms with Gasteiger partial charge in [0, 0.05) is 14.1 Å². The average Bonchev–Trinajstić information content (AvgIpc) is 3.21. The molecular weight excluding hydrogens is 445 g/mol. The summed E-state index contributed by atoms with van der Waals surface area (Å²) in [5.41, 5.74) is 4.77. The lowest BCUT2D eigenvalue weighted by Gasteiger charge is -2.18. The Morgan fingerprint density at radius 1 is 1.19 bits per heavy atom. The lowest BCUT2D eigenvalue weighted by Crippen LogP contribution is -2.45. The average molecular weight is 461 g/mol. The number of ether oxygens (including phenoxy) is 1. The molecule has 1 aromatic heterocycles. The number of aryl methyl sites for hydroxylation is 2. The van der Waals surface area contributed by atoms with Crippen LogP contribution in [0.3, 0.4) is 0 Å². The predicted molar refractivity (Wildman–Crippen MR) is 103 cm³/mol. The molecule has 15 heteroatoms. The van der Waals surface area contributed by atoms with Gasteiger partial charge in [0.2, 0.25) is 5.96 Å².